The molecule has 0 spiro atoms. The number of aromatic amines is 1. The van der Waals surface area contributed by atoms with Gasteiger partial charge in [0.1, 0.15) is 5.82 Å². The number of nitro benzene ring substituents is 1. The Bertz CT molecular complexity index is 654. The van der Waals surface area contributed by atoms with E-state index in [1.807, 2.05) is 0 Å². The average Bonchev–Trinajstić information content (AvgIpc) is 2.74. The highest BCUT2D eigenvalue weighted by Gasteiger charge is 2.16. The zero-order valence-corrected chi connectivity index (χ0v) is 10.4. The standard InChI is InChI=1S/C10H8ClN5O3/c1-5-12-10(15-14-5)13-9(17)7-3-2-6(16(18)19)4-8(7)11/h2-4H,1H3,(H2,12,13,14,15,17). The zero-order chi connectivity index (χ0) is 14.0. The average molecular weight is 282 g/mol. The van der Waals surface area contributed by atoms with E-state index in [0.29, 0.717) is 5.82 Å². The molecule has 0 radical (unpaired) electrons. The van der Waals surface area contributed by atoms with Gasteiger partial charge in [0, 0.05) is 12.1 Å². The van der Waals surface area contributed by atoms with Crippen molar-refractivity contribution >= 4 is 29.1 Å². The van der Waals surface area contributed by atoms with Crippen LogP contribution in [-0.4, -0.2) is 26.0 Å². The number of rotatable bonds is 3. The molecule has 19 heavy (non-hydrogen) atoms. The lowest BCUT2D eigenvalue weighted by atomic mass is 10.2. The van der Waals surface area contributed by atoms with Crippen LogP contribution in [0.3, 0.4) is 0 Å². The van der Waals surface area contributed by atoms with E-state index in [1.54, 1.807) is 6.92 Å². The van der Waals surface area contributed by atoms with Gasteiger partial charge in [0.25, 0.3) is 11.6 Å². The molecule has 2 aromatic rings. The van der Waals surface area contributed by atoms with Crippen LogP contribution in [-0.2, 0) is 0 Å². The van der Waals surface area contributed by atoms with E-state index >= 15 is 0 Å². The van der Waals surface area contributed by atoms with Crippen molar-refractivity contribution in [3.05, 3.63) is 44.7 Å². The summed E-state index contributed by atoms with van der Waals surface area (Å²) in [5.41, 5.74) is -0.0787. The van der Waals surface area contributed by atoms with Crippen LogP contribution in [0.15, 0.2) is 18.2 Å². The molecular formula is C10H8ClN5O3. The van der Waals surface area contributed by atoms with Crippen molar-refractivity contribution in [2.24, 2.45) is 0 Å². The molecule has 0 aliphatic rings. The van der Waals surface area contributed by atoms with Gasteiger partial charge in [-0.25, -0.2) is 0 Å². The number of hydrogen-bond acceptors (Lipinski definition) is 5. The summed E-state index contributed by atoms with van der Waals surface area (Å²) < 4.78 is 0. The third-order valence-corrected chi connectivity index (χ3v) is 2.54. The van der Waals surface area contributed by atoms with Crippen molar-refractivity contribution in [2.45, 2.75) is 6.92 Å². The molecule has 2 N–H and O–H groups in total. The maximum atomic E-state index is 11.9. The second-order valence-corrected chi connectivity index (χ2v) is 4.03. The molecule has 0 fully saturated rings. The lowest BCUT2D eigenvalue weighted by molar-refractivity contribution is -0.384. The molecule has 0 saturated heterocycles. The molecular weight excluding hydrogens is 274 g/mol. The molecule has 0 atom stereocenters. The molecule has 9 heteroatoms. The normalized spacial score (nSPS) is 10.2. The van der Waals surface area contributed by atoms with Crippen LogP contribution in [0.5, 0.6) is 0 Å². The topological polar surface area (TPSA) is 114 Å². The zero-order valence-electron chi connectivity index (χ0n) is 9.68. The number of anilines is 1. The van der Waals surface area contributed by atoms with E-state index in [1.165, 1.54) is 12.1 Å². The van der Waals surface area contributed by atoms with Gasteiger partial charge in [-0.15, -0.1) is 5.10 Å². The Kier molecular flexibility index (Phi) is 3.43. The van der Waals surface area contributed by atoms with E-state index in [9.17, 15) is 14.9 Å². The number of amides is 1. The van der Waals surface area contributed by atoms with Gasteiger partial charge < -0.3 is 0 Å². The van der Waals surface area contributed by atoms with Gasteiger partial charge in [0.2, 0.25) is 5.95 Å². The predicted molar refractivity (Wildman–Crippen MR) is 67.2 cm³/mol. The molecule has 1 aromatic carbocycles. The van der Waals surface area contributed by atoms with Crippen molar-refractivity contribution in [1.29, 1.82) is 0 Å². The summed E-state index contributed by atoms with van der Waals surface area (Å²) in [4.78, 5) is 25.7. The molecule has 8 nitrogen and oxygen atoms in total. The molecule has 1 amide bonds. The number of aryl methyl sites for hydroxylation is 1. The summed E-state index contributed by atoms with van der Waals surface area (Å²) >= 11 is 5.83. The summed E-state index contributed by atoms with van der Waals surface area (Å²) in [7, 11) is 0. The lowest BCUT2D eigenvalue weighted by Crippen LogP contribution is -2.13. The molecule has 0 saturated carbocycles. The van der Waals surface area contributed by atoms with Gasteiger partial charge in [0.05, 0.1) is 15.5 Å². The number of nitro groups is 1. The van der Waals surface area contributed by atoms with Crippen molar-refractivity contribution in [3.8, 4) is 0 Å². The fourth-order valence-electron chi connectivity index (χ4n) is 1.37. The number of H-pyrrole nitrogens is 1. The largest absolute Gasteiger partial charge is 0.289 e. The summed E-state index contributed by atoms with van der Waals surface area (Å²) in [6, 6.07) is 3.58. The van der Waals surface area contributed by atoms with Crippen molar-refractivity contribution in [3.63, 3.8) is 0 Å². The first kappa shape index (κ1) is 13.0. The molecule has 1 aromatic heterocycles. The fraction of sp³-hybridized carbons (Fsp3) is 0.100. The minimum absolute atomic E-state index is 0.0149. The molecule has 0 bridgehead atoms. The van der Waals surface area contributed by atoms with E-state index in [2.05, 4.69) is 20.5 Å². The smallest absolute Gasteiger partial charge is 0.270 e. The molecule has 98 valence electrons. The second kappa shape index (κ2) is 5.02. The van der Waals surface area contributed by atoms with Crippen molar-refractivity contribution in [2.75, 3.05) is 5.32 Å². The van der Waals surface area contributed by atoms with Crippen molar-refractivity contribution < 1.29 is 9.72 Å². The van der Waals surface area contributed by atoms with Crippen LogP contribution >= 0.6 is 11.6 Å². The Morgan fingerprint density at radius 1 is 1.53 bits per heavy atom. The Morgan fingerprint density at radius 2 is 2.26 bits per heavy atom. The summed E-state index contributed by atoms with van der Waals surface area (Å²) in [5, 5.41) is 19.3. The third-order valence-electron chi connectivity index (χ3n) is 2.23. The number of hydrogen-bond donors (Lipinski definition) is 2. The number of halogens is 1. The second-order valence-electron chi connectivity index (χ2n) is 3.62. The SMILES string of the molecule is Cc1nc(NC(=O)c2ccc([N+](=O)[O-])cc2Cl)n[nH]1. The minimum Gasteiger partial charge on any atom is -0.289 e. The number of nitrogens with one attached hydrogen (secondary N) is 2. The number of benzene rings is 1. The Labute approximate surface area is 112 Å². The summed E-state index contributed by atoms with van der Waals surface area (Å²) in [6.07, 6.45) is 0. The number of nitrogens with zero attached hydrogens (tertiary/aromatic N) is 3. The summed E-state index contributed by atoms with van der Waals surface area (Å²) in [6.45, 7) is 1.68. The van der Waals surface area contributed by atoms with E-state index < -0.39 is 10.8 Å². The molecule has 1 heterocycles. The van der Waals surface area contributed by atoms with Gasteiger partial charge in [0.15, 0.2) is 0 Å². The fourth-order valence-corrected chi connectivity index (χ4v) is 1.63. The van der Waals surface area contributed by atoms with Crippen LogP contribution in [0.1, 0.15) is 16.2 Å². The van der Waals surface area contributed by atoms with Gasteiger partial charge >= 0.3 is 0 Å². The van der Waals surface area contributed by atoms with Crippen molar-refractivity contribution in [1.82, 2.24) is 15.2 Å². The van der Waals surface area contributed by atoms with E-state index in [0.717, 1.165) is 6.07 Å². The molecule has 0 aliphatic heterocycles. The van der Waals surface area contributed by atoms with Crippen LogP contribution in [0.25, 0.3) is 0 Å². The summed E-state index contributed by atoms with van der Waals surface area (Å²) in [5.74, 6) is 0.112. The molecule has 0 unspecified atom stereocenters. The highest BCUT2D eigenvalue weighted by molar-refractivity contribution is 6.34. The number of aromatic nitrogens is 3. The number of non-ortho nitro benzene ring substituents is 1. The predicted octanol–water partition coefficient (Wildman–Crippen LogP) is 1.93. The van der Waals surface area contributed by atoms with E-state index in [4.69, 9.17) is 11.6 Å². The lowest BCUT2D eigenvalue weighted by Gasteiger charge is -2.03. The quantitative estimate of drug-likeness (QED) is 0.659. The van der Waals surface area contributed by atoms with Gasteiger partial charge in [-0.3, -0.25) is 25.3 Å². The Balaban J connectivity index is 2.22. The molecule has 0 aliphatic carbocycles. The van der Waals surface area contributed by atoms with Crippen LogP contribution < -0.4 is 5.32 Å². The maximum absolute atomic E-state index is 11.9. The third kappa shape index (κ3) is 2.86. The number of carbonyl (C=O) groups is 1. The number of carbonyl (C=O) groups excluding carboxylic acids is 1. The van der Waals surface area contributed by atoms with Crippen LogP contribution in [0, 0.1) is 17.0 Å². The van der Waals surface area contributed by atoms with Gasteiger partial charge in [-0.1, -0.05) is 11.6 Å². The highest BCUT2D eigenvalue weighted by atomic mass is 35.5. The monoisotopic (exact) mass is 281 g/mol. The Hall–Kier alpha value is -2.48. The first-order chi connectivity index (χ1) is 8.97. The minimum atomic E-state index is -0.591. The first-order valence-corrected chi connectivity index (χ1v) is 5.49. The molecule has 2 rings (SSSR count). The maximum Gasteiger partial charge on any atom is 0.270 e. The van der Waals surface area contributed by atoms with Crippen LogP contribution in [0.4, 0.5) is 11.6 Å². The van der Waals surface area contributed by atoms with Gasteiger partial charge in [-0.05, 0) is 13.0 Å². The van der Waals surface area contributed by atoms with Crippen LogP contribution in [0.2, 0.25) is 5.02 Å². The van der Waals surface area contributed by atoms with E-state index in [-0.39, 0.29) is 22.2 Å². The van der Waals surface area contributed by atoms with Gasteiger partial charge in [-0.2, -0.15) is 4.98 Å². The first-order valence-electron chi connectivity index (χ1n) is 5.11. The highest BCUT2D eigenvalue weighted by Crippen LogP contribution is 2.22. The Morgan fingerprint density at radius 3 is 2.79 bits per heavy atom.